The molecule has 0 bridgehead atoms. The highest BCUT2D eigenvalue weighted by Gasteiger charge is 2.05. The Bertz CT molecular complexity index is 590. The Kier molecular flexibility index (Phi) is 6.02. The predicted molar refractivity (Wildman–Crippen MR) is 87.8 cm³/mol. The summed E-state index contributed by atoms with van der Waals surface area (Å²) in [5.41, 5.74) is 3.08. The first-order valence-electron chi connectivity index (χ1n) is 6.77. The zero-order valence-corrected chi connectivity index (χ0v) is 13.8. The van der Waals surface area contributed by atoms with E-state index in [1.807, 2.05) is 37.3 Å². The largest absolute Gasteiger partial charge is 0.489 e. The van der Waals surface area contributed by atoms with Gasteiger partial charge in [0.15, 0.2) is 0 Å². The van der Waals surface area contributed by atoms with Crippen molar-refractivity contribution in [3.63, 3.8) is 0 Å². The van der Waals surface area contributed by atoms with E-state index in [4.69, 9.17) is 9.47 Å². The van der Waals surface area contributed by atoms with Crippen LogP contribution in [0.5, 0.6) is 5.75 Å². The summed E-state index contributed by atoms with van der Waals surface area (Å²) in [5.74, 6) is 0.835. The minimum Gasteiger partial charge on any atom is -0.489 e. The summed E-state index contributed by atoms with van der Waals surface area (Å²) in [6.07, 6.45) is 0. The Morgan fingerprint density at radius 3 is 2.81 bits per heavy atom. The minimum absolute atomic E-state index is 0.532. The smallest absolute Gasteiger partial charge is 0.142 e. The van der Waals surface area contributed by atoms with E-state index in [2.05, 4.69) is 32.3 Å². The number of hydrogen-bond acceptors (Lipinski definition) is 4. The average Bonchev–Trinajstić information content (AvgIpc) is 2.47. The lowest BCUT2D eigenvalue weighted by molar-refractivity contribution is 0.146. The van der Waals surface area contributed by atoms with Crippen molar-refractivity contribution in [2.24, 2.45) is 0 Å². The van der Waals surface area contributed by atoms with Crippen LogP contribution in [0, 0.1) is 6.92 Å². The summed E-state index contributed by atoms with van der Waals surface area (Å²) in [6.45, 7) is 3.79. The molecule has 0 saturated heterocycles. The molecule has 0 fully saturated rings. The van der Waals surface area contributed by atoms with E-state index in [-0.39, 0.29) is 0 Å². The predicted octanol–water partition coefficient (Wildman–Crippen LogP) is 3.79. The lowest BCUT2D eigenvalue weighted by Gasteiger charge is -2.14. The molecule has 21 heavy (non-hydrogen) atoms. The number of methoxy groups -OCH3 is 1. The summed E-state index contributed by atoms with van der Waals surface area (Å²) < 4.78 is 11.6. The highest BCUT2D eigenvalue weighted by Crippen LogP contribution is 2.26. The number of nitrogens with zero attached hydrogens (tertiary/aromatic N) is 1. The normalized spacial score (nSPS) is 10.4. The van der Waals surface area contributed by atoms with Crippen LogP contribution in [0.3, 0.4) is 0 Å². The molecule has 2 rings (SSSR count). The number of benzene rings is 1. The fourth-order valence-electron chi connectivity index (χ4n) is 1.86. The van der Waals surface area contributed by atoms with Gasteiger partial charge in [-0.25, -0.2) is 4.98 Å². The third-order valence-electron chi connectivity index (χ3n) is 2.91. The third-order valence-corrected chi connectivity index (χ3v) is 3.36. The third kappa shape index (κ3) is 5.02. The summed E-state index contributed by atoms with van der Waals surface area (Å²) in [5, 5.41) is 3.36. The first kappa shape index (κ1) is 15.8. The van der Waals surface area contributed by atoms with Gasteiger partial charge >= 0.3 is 0 Å². The van der Waals surface area contributed by atoms with Gasteiger partial charge in [-0.1, -0.05) is 12.1 Å². The lowest BCUT2D eigenvalue weighted by Crippen LogP contribution is -2.08. The number of aryl methyl sites for hydroxylation is 1. The highest BCUT2D eigenvalue weighted by molar-refractivity contribution is 9.10. The van der Waals surface area contributed by atoms with Crippen LogP contribution < -0.4 is 10.1 Å². The van der Waals surface area contributed by atoms with Gasteiger partial charge in [0, 0.05) is 7.11 Å². The molecule has 0 saturated carbocycles. The second-order valence-corrected chi connectivity index (χ2v) is 5.46. The molecule has 0 amide bonds. The number of aromatic nitrogens is 1. The summed E-state index contributed by atoms with van der Waals surface area (Å²) in [6, 6.07) is 12.0. The van der Waals surface area contributed by atoms with Crippen LogP contribution in [0.1, 0.15) is 11.3 Å². The molecular formula is C16H19BrN2O2. The van der Waals surface area contributed by atoms with Gasteiger partial charge in [-0.3, -0.25) is 0 Å². The quantitative estimate of drug-likeness (QED) is 0.609. The van der Waals surface area contributed by atoms with Crippen molar-refractivity contribution in [3.8, 4) is 5.75 Å². The zero-order chi connectivity index (χ0) is 15.1. The van der Waals surface area contributed by atoms with Crippen LogP contribution in [0.4, 0.5) is 5.69 Å². The van der Waals surface area contributed by atoms with Gasteiger partial charge in [-0.05, 0) is 52.7 Å². The maximum atomic E-state index is 5.75. The monoisotopic (exact) mass is 350 g/mol. The van der Waals surface area contributed by atoms with Crippen molar-refractivity contribution >= 4 is 21.6 Å². The molecule has 5 heteroatoms. The van der Waals surface area contributed by atoms with Crippen molar-refractivity contribution in [1.82, 2.24) is 4.98 Å². The first-order valence-corrected chi connectivity index (χ1v) is 7.56. The zero-order valence-electron chi connectivity index (χ0n) is 12.2. The fourth-order valence-corrected chi connectivity index (χ4v) is 2.24. The van der Waals surface area contributed by atoms with E-state index in [9.17, 15) is 0 Å². The van der Waals surface area contributed by atoms with Crippen LogP contribution in [0.25, 0.3) is 0 Å². The molecule has 1 N–H and O–H groups in total. The Morgan fingerprint density at radius 1 is 1.19 bits per heavy atom. The highest BCUT2D eigenvalue weighted by atomic mass is 79.9. The van der Waals surface area contributed by atoms with E-state index in [1.165, 1.54) is 0 Å². The van der Waals surface area contributed by atoms with Gasteiger partial charge in [0.1, 0.15) is 17.0 Å². The molecule has 1 aromatic heterocycles. The van der Waals surface area contributed by atoms with Crippen LogP contribution in [-0.4, -0.2) is 25.3 Å². The van der Waals surface area contributed by atoms with Gasteiger partial charge in [-0.2, -0.15) is 0 Å². The Labute approximate surface area is 133 Å². The summed E-state index contributed by atoms with van der Waals surface area (Å²) in [7, 11) is 1.66. The van der Waals surface area contributed by atoms with E-state index >= 15 is 0 Å². The number of pyridine rings is 1. The molecule has 0 atom stereocenters. The van der Waals surface area contributed by atoms with Crippen LogP contribution in [-0.2, 0) is 11.3 Å². The Morgan fingerprint density at radius 2 is 2.05 bits per heavy atom. The van der Waals surface area contributed by atoms with Crippen molar-refractivity contribution in [2.75, 3.05) is 25.6 Å². The molecule has 4 nitrogen and oxygen atoms in total. The molecule has 0 aliphatic heterocycles. The summed E-state index contributed by atoms with van der Waals surface area (Å²) >= 11 is 3.38. The summed E-state index contributed by atoms with van der Waals surface area (Å²) in [4.78, 5) is 4.40. The van der Waals surface area contributed by atoms with Gasteiger partial charge in [0.25, 0.3) is 0 Å². The number of rotatable bonds is 7. The maximum absolute atomic E-state index is 5.75. The van der Waals surface area contributed by atoms with Crippen LogP contribution in [0.2, 0.25) is 0 Å². The topological polar surface area (TPSA) is 43.4 Å². The number of nitrogens with one attached hydrogen (secondary N) is 1. The number of hydrogen-bond donors (Lipinski definition) is 1. The number of halogens is 1. The Hall–Kier alpha value is -1.59. The lowest BCUT2D eigenvalue weighted by atomic mass is 10.2. The second kappa shape index (κ2) is 8.00. The second-order valence-electron chi connectivity index (χ2n) is 4.65. The molecule has 0 aliphatic carbocycles. The van der Waals surface area contributed by atoms with Crippen LogP contribution in [0.15, 0.2) is 41.0 Å². The SMILES string of the molecule is COCCOc1cc(C)ccc1NCc1cccc(Br)n1. The van der Waals surface area contributed by atoms with Gasteiger partial charge in [0.05, 0.1) is 24.5 Å². The van der Waals surface area contributed by atoms with Crippen molar-refractivity contribution in [1.29, 1.82) is 0 Å². The number of ether oxygens (including phenoxy) is 2. The van der Waals surface area contributed by atoms with Crippen molar-refractivity contribution in [2.45, 2.75) is 13.5 Å². The molecule has 2 aromatic rings. The molecular weight excluding hydrogens is 332 g/mol. The van der Waals surface area contributed by atoms with Crippen molar-refractivity contribution < 1.29 is 9.47 Å². The standard InChI is InChI=1S/C16H19BrN2O2/c1-12-6-7-14(15(10-12)21-9-8-20-2)18-11-13-4-3-5-16(17)19-13/h3-7,10,18H,8-9,11H2,1-2H3. The van der Waals surface area contributed by atoms with Gasteiger partial charge in [0.2, 0.25) is 0 Å². The molecule has 1 aromatic carbocycles. The van der Waals surface area contributed by atoms with Gasteiger partial charge < -0.3 is 14.8 Å². The van der Waals surface area contributed by atoms with E-state index in [0.717, 1.165) is 27.3 Å². The molecule has 0 unspecified atom stereocenters. The van der Waals surface area contributed by atoms with Gasteiger partial charge in [-0.15, -0.1) is 0 Å². The molecule has 1 heterocycles. The average molecular weight is 351 g/mol. The first-order chi connectivity index (χ1) is 10.2. The molecule has 0 radical (unpaired) electrons. The van der Waals surface area contributed by atoms with Crippen molar-refractivity contribution in [3.05, 3.63) is 52.3 Å². The molecule has 0 spiro atoms. The fraction of sp³-hybridized carbons (Fsp3) is 0.312. The maximum Gasteiger partial charge on any atom is 0.142 e. The van der Waals surface area contributed by atoms with E-state index < -0.39 is 0 Å². The van der Waals surface area contributed by atoms with Crippen LogP contribution >= 0.6 is 15.9 Å². The Balaban J connectivity index is 2.04. The van der Waals surface area contributed by atoms with E-state index in [0.29, 0.717) is 19.8 Å². The minimum atomic E-state index is 0.532. The molecule has 0 aliphatic rings. The van der Waals surface area contributed by atoms with E-state index in [1.54, 1.807) is 7.11 Å². The number of anilines is 1. The molecule has 112 valence electrons.